The summed E-state index contributed by atoms with van der Waals surface area (Å²) in [6, 6.07) is 22.2. The molecule has 2 aromatic heterocycles. The van der Waals surface area contributed by atoms with Gasteiger partial charge >= 0.3 is 5.69 Å². The summed E-state index contributed by atoms with van der Waals surface area (Å²) in [5.74, 6) is -0.0384. The maximum atomic E-state index is 13.6. The Hall–Kier alpha value is -4.46. The lowest BCUT2D eigenvalue weighted by molar-refractivity contribution is 0.0943. The Bertz CT molecular complexity index is 1690. The Balaban J connectivity index is 1.75. The average Bonchev–Trinajstić information content (AvgIpc) is 3.18. The first kappa shape index (κ1) is 23.3. The van der Waals surface area contributed by atoms with Gasteiger partial charge in [-0.05, 0) is 50.1 Å². The number of nitrogens with zero attached hydrogens (tertiary/aromatic N) is 4. The number of benzene rings is 3. The van der Waals surface area contributed by atoms with Gasteiger partial charge in [0.05, 0.1) is 24.0 Å². The van der Waals surface area contributed by atoms with Crippen LogP contribution in [0.15, 0.2) is 82.4 Å². The van der Waals surface area contributed by atoms with Crippen LogP contribution in [0.25, 0.3) is 16.7 Å². The van der Waals surface area contributed by atoms with Crippen molar-refractivity contribution < 1.29 is 4.79 Å². The van der Waals surface area contributed by atoms with E-state index < -0.39 is 0 Å². The van der Waals surface area contributed by atoms with Crippen molar-refractivity contribution in [3.05, 3.63) is 116 Å². The number of carbonyl (C=O) groups is 1. The molecule has 0 aliphatic carbocycles. The fourth-order valence-corrected chi connectivity index (χ4v) is 4.28. The molecule has 0 bridgehead atoms. The van der Waals surface area contributed by atoms with E-state index in [-0.39, 0.29) is 42.1 Å². The van der Waals surface area contributed by atoms with Gasteiger partial charge in [-0.1, -0.05) is 60.2 Å². The van der Waals surface area contributed by atoms with Gasteiger partial charge in [-0.3, -0.25) is 14.2 Å². The highest BCUT2D eigenvalue weighted by Gasteiger charge is 2.19. The lowest BCUT2D eigenvalue weighted by atomic mass is 10.1. The van der Waals surface area contributed by atoms with Gasteiger partial charge < -0.3 is 5.32 Å². The molecule has 1 amide bonds. The molecule has 0 atom stereocenters. The van der Waals surface area contributed by atoms with Gasteiger partial charge in [0.1, 0.15) is 0 Å². The maximum Gasteiger partial charge on any atom is 0.352 e. The summed E-state index contributed by atoms with van der Waals surface area (Å²) in [6.07, 6.45) is 0. The maximum absolute atomic E-state index is 13.6. The second-order valence-electron chi connectivity index (χ2n) is 9.30. The van der Waals surface area contributed by atoms with Crippen LogP contribution < -0.4 is 16.6 Å². The van der Waals surface area contributed by atoms with Crippen LogP contribution in [-0.4, -0.2) is 30.7 Å². The van der Waals surface area contributed by atoms with Crippen molar-refractivity contribution >= 4 is 22.6 Å². The van der Waals surface area contributed by atoms with Gasteiger partial charge in [-0.15, -0.1) is 5.10 Å². The Morgan fingerprint density at radius 1 is 0.917 bits per heavy atom. The Kier molecular flexibility index (Phi) is 6.01. The van der Waals surface area contributed by atoms with Crippen molar-refractivity contribution in [2.75, 3.05) is 0 Å². The molecule has 0 aliphatic rings. The van der Waals surface area contributed by atoms with E-state index in [1.54, 1.807) is 18.2 Å². The molecule has 0 spiro atoms. The van der Waals surface area contributed by atoms with E-state index in [0.717, 1.165) is 16.7 Å². The van der Waals surface area contributed by atoms with E-state index in [4.69, 9.17) is 0 Å². The summed E-state index contributed by atoms with van der Waals surface area (Å²) in [5, 5.41) is 7.79. The Morgan fingerprint density at radius 2 is 1.61 bits per heavy atom. The van der Waals surface area contributed by atoms with Gasteiger partial charge in [0, 0.05) is 11.6 Å². The molecule has 5 rings (SSSR count). The molecule has 2 heterocycles. The van der Waals surface area contributed by atoms with Crippen molar-refractivity contribution in [2.24, 2.45) is 0 Å². The van der Waals surface area contributed by atoms with E-state index in [1.165, 1.54) is 13.6 Å². The van der Waals surface area contributed by atoms with E-state index in [1.807, 2.05) is 75.4 Å². The van der Waals surface area contributed by atoms with Crippen LogP contribution >= 0.6 is 0 Å². The summed E-state index contributed by atoms with van der Waals surface area (Å²) < 4.78 is 4.31. The van der Waals surface area contributed by atoms with Crippen molar-refractivity contribution in [3.8, 4) is 0 Å². The van der Waals surface area contributed by atoms with Crippen LogP contribution in [0.1, 0.15) is 40.9 Å². The molecule has 0 radical (unpaired) electrons. The van der Waals surface area contributed by atoms with Crippen molar-refractivity contribution in [1.82, 2.24) is 24.1 Å². The van der Waals surface area contributed by atoms with Crippen molar-refractivity contribution in [2.45, 2.75) is 39.9 Å². The van der Waals surface area contributed by atoms with Crippen molar-refractivity contribution in [3.63, 3.8) is 0 Å². The molecule has 5 aromatic rings. The minimum Gasteiger partial charge on any atom is -0.350 e. The second kappa shape index (κ2) is 9.30. The first-order valence-corrected chi connectivity index (χ1v) is 11.9. The van der Waals surface area contributed by atoms with Gasteiger partial charge in [-0.2, -0.15) is 0 Å². The highest BCUT2D eigenvalue weighted by molar-refractivity contribution is 5.98. The van der Waals surface area contributed by atoms with Crippen LogP contribution in [-0.2, 0) is 13.1 Å². The molecule has 8 heteroatoms. The van der Waals surface area contributed by atoms with Crippen molar-refractivity contribution in [1.29, 1.82) is 0 Å². The van der Waals surface area contributed by atoms with Gasteiger partial charge in [0.25, 0.3) is 11.5 Å². The monoisotopic (exact) mass is 481 g/mol. The molecule has 0 saturated carbocycles. The first-order chi connectivity index (χ1) is 17.3. The van der Waals surface area contributed by atoms with E-state index in [0.29, 0.717) is 16.5 Å². The number of hydrogen-bond donors (Lipinski definition) is 1. The zero-order valence-electron chi connectivity index (χ0n) is 20.4. The Labute approximate surface area is 207 Å². The van der Waals surface area contributed by atoms with Crippen LogP contribution in [0.4, 0.5) is 0 Å². The molecule has 0 unspecified atom stereocenters. The highest BCUT2D eigenvalue weighted by Crippen LogP contribution is 2.16. The van der Waals surface area contributed by atoms with Gasteiger partial charge in [0.15, 0.2) is 0 Å². The molecule has 1 N–H and O–H groups in total. The number of rotatable bonds is 6. The van der Waals surface area contributed by atoms with Crippen LogP contribution in [0.2, 0.25) is 0 Å². The highest BCUT2D eigenvalue weighted by atomic mass is 16.2. The molecule has 8 nitrogen and oxygen atoms in total. The van der Waals surface area contributed by atoms with E-state index in [9.17, 15) is 14.4 Å². The number of amides is 1. The van der Waals surface area contributed by atoms with Gasteiger partial charge in [0.2, 0.25) is 5.78 Å². The zero-order valence-corrected chi connectivity index (χ0v) is 20.4. The molecule has 0 saturated heterocycles. The summed E-state index contributed by atoms with van der Waals surface area (Å²) in [5.41, 5.74) is 3.03. The normalized spacial score (nSPS) is 11.4. The molecular weight excluding hydrogens is 454 g/mol. The predicted octanol–water partition coefficient (Wildman–Crippen LogP) is 3.35. The molecule has 0 fully saturated rings. The average molecular weight is 482 g/mol. The van der Waals surface area contributed by atoms with Gasteiger partial charge in [-0.25, -0.2) is 13.9 Å². The van der Waals surface area contributed by atoms with Crippen LogP contribution in [0, 0.1) is 6.92 Å². The molecule has 3 aromatic carbocycles. The molecule has 182 valence electrons. The number of aromatic nitrogens is 4. The predicted molar refractivity (Wildman–Crippen MR) is 140 cm³/mol. The largest absolute Gasteiger partial charge is 0.352 e. The first-order valence-electron chi connectivity index (χ1n) is 11.9. The summed E-state index contributed by atoms with van der Waals surface area (Å²) in [6.45, 7) is 6.27. The molecule has 36 heavy (non-hydrogen) atoms. The minimum atomic E-state index is -0.376. The second-order valence-corrected chi connectivity index (χ2v) is 9.30. The van der Waals surface area contributed by atoms with E-state index >= 15 is 0 Å². The third kappa shape index (κ3) is 4.33. The third-order valence-electron chi connectivity index (χ3n) is 6.10. The molecule has 0 aliphatic heterocycles. The fourth-order valence-electron chi connectivity index (χ4n) is 4.28. The van der Waals surface area contributed by atoms with E-state index in [2.05, 4.69) is 10.4 Å². The number of nitrogens with one attached hydrogen (secondary N) is 1. The number of carbonyl (C=O) groups excluding carboxylic acids is 1. The SMILES string of the molecule is Cc1ccc(Cn2nc3n(Cc4ccccc4)c(=O)c4ccc(C(=O)NC(C)C)cc4n3c2=O)cc1. The summed E-state index contributed by atoms with van der Waals surface area (Å²) in [7, 11) is 0. The number of hydrogen-bond acceptors (Lipinski definition) is 4. The number of fused-ring (bicyclic) bond motifs is 3. The summed E-state index contributed by atoms with van der Waals surface area (Å²) >= 11 is 0. The molecular formula is C28H27N5O3. The topological polar surface area (TPSA) is 90.4 Å². The minimum absolute atomic E-state index is 0.0490. The quantitative estimate of drug-likeness (QED) is 0.403. The third-order valence-corrected chi connectivity index (χ3v) is 6.10. The van der Waals surface area contributed by atoms with Crippen LogP contribution in [0.3, 0.4) is 0 Å². The lowest BCUT2D eigenvalue weighted by Gasteiger charge is -2.12. The standard InChI is InChI=1S/C28H27N5O3/c1-18(2)29-25(34)22-13-14-23-24(15-22)33-27(31(26(23)35)16-20-7-5-4-6-8-20)30-32(28(33)36)17-21-11-9-19(3)10-12-21/h4-15,18H,16-17H2,1-3H3,(H,29,34). The number of aryl methyl sites for hydroxylation is 1. The van der Waals surface area contributed by atoms with Crippen LogP contribution in [0.5, 0.6) is 0 Å². The lowest BCUT2D eigenvalue weighted by Crippen LogP contribution is -2.30. The fraction of sp³-hybridized carbons (Fsp3) is 0.214. The Morgan fingerprint density at radius 3 is 2.31 bits per heavy atom. The summed E-state index contributed by atoms with van der Waals surface area (Å²) in [4.78, 5) is 39.9. The zero-order chi connectivity index (χ0) is 25.4. The smallest absolute Gasteiger partial charge is 0.350 e.